The Hall–Kier alpha value is -1.58. The predicted octanol–water partition coefficient (Wildman–Crippen LogP) is 4.78. The quantitative estimate of drug-likeness (QED) is 0.680. The fraction of sp³-hybridized carbons (Fsp3) is 0.524. The number of rotatable bonds is 10. The molecule has 0 aliphatic heterocycles. The monoisotopic (exact) mass is 329 g/mol. The van der Waals surface area contributed by atoms with Gasteiger partial charge in [-0.15, -0.1) is 0 Å². The van der Waals surface area contributed by atoms with Crippen molar-refractivity contribution < 1.29 is 9.84 Å². The molecule has 1 N–H and O–H groups in total. The SMILES string of the molecule is CCCCN(CCCC)C[C@H](O)c1ccc(OC)c2ccccc12. The third-order valence-electron chi connectivity index (χ3n) is 4.58. The van der Waals surface area contributed by atoms with E-state index in [2.05, 4.69) is 30.9 Å². The lowest BCUT2D eigenvalue weighted by atomic mass is 9.99. The van der Waals surface area contributed by atoms with Gasteiger partial charge in [-0.1, -0.05) is 57.0 Å². The molecule has 2 rings (SSSR count). The number of hydrogen-bond donors (Lipinski definition) is 1. The number of ether oxygens (including phenoxy) is 1. The van der Waals surface area contributed by atoms with Crippen molar-refractivity contribution in [2.24, 2.45) is 0 Å². The van der Waals surface area contributed by atoms with E-state index in [1.54, 1.807) is 7.11 Å². The highest BCUT2D eigenvalue weighted by Gasteiger charge is 2.16. The van der Waals surface area contributed by atoms with Crippen LogP contribution < -0.4 is 4.74 Å². The average molecular weight is 329 g/mol. The van der Waals surface area contributed by atoms with Crippen LogP contribution in [0.2, 0.25) is 0 Å². The minimum Gasteiger partial charge on any atom is -0.496 e. The number of unbranched alkanes of at least 4 members (excludes halogenated alkanes) is 2. The Morgan fingerprint density at radius 2 is 1.58 bits per heavy atom. The van der Waals surface area contributed by atoms with Crippen LogP contribution in [0.4, 0.5) is 0 Å². The summed E-state index contributed by atoms with van der Waals surface area (Å²) in [5.41, 5.74) is 0.990. The molecule has 0 aliphatic rings. The summed E-state index contributed by atoms with van der Waals surface area (Å²) in [5.74, 6) is 0.857. The summed E-state index contributed by atoms with van der Waals surface area (Å²) >= 11 is 0. The molecule has 0 saturated carbocycles. The summed E-state index contributed by atoms with van der Waals surface area (Å²) in [6.07, 6.45) is 4.25. The highest BCUT2D eigenvalue weighted by molar-refractivity contribution is 5.91. The highest BCUT2D eigenvalue weighted by Crippen LogP contribution is 2.31. The van der Waals surface area contributed by atoms with Crippen LogP contribution in [0.15, 0.2) is 36.4 Å². The van der Waals surface area contributed by atoms with Crippen LogP contribution in [-0.2, 0) is 0 Å². The van der Waals surface area contributed by atoms with Crippen LogP contribution in [0, 0.1) is 0 Å². The van der Waals surface area contributed by atoms with Gasteiger partial charge in [-0.05, 0) is 42.9 Å². The summed E-state index contributed by atoms with van der Waals surface area (Å²) in [6, 6.07) is 12.1. The Morgan fingerprint density at radius 3 is 2.17 bits per heavy atom. The van der Waals surface area contributed by atoms with E-state index in [0.29, 0.717) is 6.54 Å². The second kappa shape index (κ2) is 9.65. The van der Waals surface area contributed by atoms with Gasteiger partial charge in [0, 0.05) is 11.9 Å². The van der Waals surface area contributed by atoms with Crippen molar-refractivity contribution in [3.05, 3.63) is 42.0 Å². The van der Waals surface area contributed by atoms with E-state index in [1.807, 2.05) is 24.3 Å². The smallest absolute Gasteiger partial charge is 0.126 e. The van der Waals surface area contributed by atoms with Gasteiger partial charge in [-0.3, -0.25) is 0 Å². The summed E-state index contributed by atoms with van der Waals surface area (Å²) < 4.78 is 5.46. The number of fused-ring (bicyclic) bond motifs is 1. The fourth-order valence-electron chi connectivity index (χ4n) is 3.16. The molecule has 3 nitrogen and oxygen atoms in total. The van der Waals surface area contributed by atoms with Gasteiger partial charge in [0.2, 0.25) is 0 Å². The molecule has 0 bridgehead atoms. The van der Waals surface area contributed by atoms with Gasteiger partial charge in [0.25, 0.3) is 0 Å². The minimum atomic E-state index is -0.477. The normalized spacial score (nSPS) is 12.7. The largest absolute Gasteiger partial charge is 0.496 e. The summed E-state index contributed by atoms with van der Waals surface area (Å²) in [4.78, 5) is 2.40. The van der Waals surface area contributed by atoms with E-state index in [9.17, 15) is 5.11 Å². The lowest BCUT2D eigenvalue weighted by Gasteiger charge is -2.26. The van der Waals surface area contributed by atoms with Gasteiger partial charge in [0.15, 0.2) is 0 Å². The molecule has 24 heavy (non-hydrogen) atoms. The lowest BCUT2D eigenvalue weighted by Crippen LogP contribution is -2.30. The summed E-state index contributed by atoms with van der Waals surface area (Å²) in [6.45, 7) is 7.23. The molecular formula is C21H31NO2. The van der Waals surface area contributed by atoms with Crippen LogP contribution in [0.5, 0.6) is 5.75 Å². The molecule has 2 aromatic rings. The zero-order valence-corrected chi connectivity index (χ0v) is 15.3. The minimum absolute atomic E-state index is 0.477. The number of nitrogens with zero attached hydrogens (tertiary/aromatic N) is 1. The molecule has 3 heteroatoms. The lowest BCUT2D eigenvalue weighted by molar-refractivity contribution is 0.112. The Kier molecular flexibility index (Phi) is 7.54. The van der Waals surface area contributed by atoms with E-state index < -0.39 is 6.10 Å². The van der Waals surface area contributed by atoms with Gasteiger partial charge < -0.3 is 14.7 Å². The first-order valence-electron chi connectivity index (χ1n) is 9.17. The molecule has 0 fully saturated rings. The van der Waals surface area contributed by atoms with E-state index in [1.165, 1.54) is 25.7 Å². The number of aliphatic hydroxyl groups is 1. The maximum absolute atomic E-state index is 10.9. The van der Waals surface area contributed by atoms with Crippen molar-refractivity contribution >= 4 is 10.8 Å². The molecule has 2 aromatic carbocycles. The molecule has 132 valence electrons. The standard InChI is InChI=1S/C21H31NO2/c1-4-6-14-22(15-7-5-2)16-20(23)18-12-13-21(24-3)19-11-9-8-10-17(18)19/h8-13,20,23H,4-7,14-16H2,1-3H3/t20-/m0/s1. The predicted molar refractivity (Wildman–Crippen MR) is 102 cm³/mol. The first-order valence-corrected chi connectivity index (χ1v) is 9.17. The number of methoxy groups -OCH3 is 1. The van der Waals surface area contributed by atoms with Crippen LogP contribution in [0.1, 0.15) is 51.2 Å². The Balaban J connectivity index is 2.21. The van der Waals surface area contributed by atoms with Crippen molar-refractivity contribution in [3.63, 3.8) is 0 Å². The van der Waals surface area contributed by atoms with Gasteiger partial charge in [0.05, 0.1) is 13.2 Å². The molecule has 0 aliphatic carbocycles. The number of hydrogen-bond acceptors (Lipinski definition) is 3. The van der Waals surface area contributed by atoms with E-state index in [-0.39, 0.29) is 0 Å². The highest BCUT2D eigenvalue weighted by atomic mass is 16.5. The summed E-state index contributed by atoms with van der Waals surface area (Å²) in [7, 11) is 1.69. The molecule has 0 aromatic heterocycles. The topological polar surface area (TPSA) is 32.7 Å². The molecule has 0 radical (unpaired) electrons. The van der Waals surface area contributed by atoms with Crippen molar-refractivity contribution in [2.75, 3.05) is 26.7 Å². The molecule has 0 unspecified atom stereocenters. The first-order chi connectivity index (χ1) is 11.7. The van der Waals surface area contributed by atoms with Gasteiger partial charge in [-0.2, -0.15) is 0 Å². The Bertz CT molecular complexity index is 618. The van der Waals surface area contributed by atoms with Crippen LogP contribution >= 0.6 is 0 Å². The maximum Gasteiger partial charge on any atom is 0.126 e. The van der Waals surface area contributed by atoms with E-state index in [0.717, 1.165) is 35.2 Å². The average Bonchev–Trinajstić information content (AvgIpc) is 2.62. The third kappa shape index (κ3) is 4.71. The van der Waals surface area contributed by atoms with E-state index in [4.69, 9.17) is 4.74 Å². The van der Waals surface area contributed by atoms with Crippen LogP contribution in [-0.4, -0.2) is 36.8 Å². The molecule has 0 heterocycles. The van der Waals surface area contributed by atoms with Gasteiger partial charge >= 0.3 is 0 Å². The van der Waals surface area contributed by atoms with E-state index >= 15 is 0 Å². The zero-order valence-electron chi connectivity index (χ0n) is 15.3. The second-order valence-electron chi connectivity index (χ2n) is 6.43. The Morgan fingerprint density at radius 1 is 0.958 bits per heavy atom. The van der Waals surface area contributed by atoms with Crippen molar-refractivity contribution in [1.29, 1.82) is 0 Å². The zero-order chi connectivity index (χ0) is 17.4. The molecule has 0 spiro atoms. The molecule has 0 saturated heterocycles. The Labute approximate surface area is 146 Å². The van der Waals surface area contributed by atoms with Gasteiger partial charge in [0.1, 0.15) is 5.75 Å². The molecular weight excluding hydrogens is 298 g/mol. The molecule has 1 atom stereocenters. The third-order valence-corrected chi connectivity index (χ3v) is 4.58. The molecule has 0 amide bonds. The van der Waals surface area contributed by atoms with Crippen molar-refractivity contribution in [1.82, 2.24) is 4.90 Å². The maximum atomic E-state index is 10.9. The van der Waals surface area contributed by atoms with Crippen LogP contribution in [0.3, 0.4) is 0 Å². The number of benzene rings is 2. The van der Waals surface area contributed by atoms with Crippen molar-refractivity contribution in [3.8, 4) is 5.75 Å². The first kappa shape index (κ1) is 18.8. The van der Waals surface area contributed by atoms with Crippen molar-refractivity contribution in [2.45, 2.75) is 45.6 Å². The second-order valence-corrected chi connectivity index (χ2v) is 6.43. The van der Waals surface area contributed by atoms with Gasteiger partial charge in [-0.25, -0.2) is 0 Å². The summed E-state index contributed by atoms with van der Waals surface area (Å²) in [5, 5.41) is 13.0. The van der Waals surface area contributed by atoms with Crippen LogP contribution in [0.25, 0.3) is 10.8 Å². The number of aliphatic hydroxyl groups excluding tert-OH is 1. The fourth-order valence-corrected chi connectivity index (χ4v) is 3.16.